The lowest BCUT2D eigenvalue weighted by Crippen LogP contribution is -2.46. The lowest BCUT2D eigenvalue weighted by atomic mass is 10.0. The minimum absolute atomic E-state index is 0.0819. The summed E-state index contributed by atoms with van der Waals surface area (Å²) in [6.07, 6.45) is -1.17. The Bertz CT molecular complexity index is 1400. The van der Waals surface area contributed by atoms with Crippen molar-refractivity contribution in [3.63, 3.8) is 0 Å². The van der Waals surface area contributed by atoms with E-state index in [1.54, 1.807) is 12.1 Å². The van der Waals surface area contributed by atoms with Gasteiger partial charge in [0.05, 0.1) is 11.4 Å². The topological polar surface area (TPSA) is 59.1 Å². The van der Waals surface area contributed by atoms with Crippen molar-refractivity contribution in [2.75, 3.05) is 16.5 Å². The number of aryl methyl sites for hydroxylation is 2. The summed E-state index contributed by atoms with van der Waals surface area (Å²) in [5.41, 5.74) is 6.73. The van der Waals surface area contributed by atoms with Crippen molar-refractivity contribution in [2.45, 2.75) is 27.7 Å². The van der Waals surface area contributed by atoms with Crippen LogP contribution in [0.1, 0.15) is 22.3 Å². The van der Waals surface area contributed by atoms with Gasteiger partial charge in [0.2, 0.25) is 0 Å². The molecule has 0 spiro atoms. The molecule has 0 aliphatic carbocycles. The Morgan fingerprint density at radius 2 is 0.973 bits per heavy atom. The molecule has 6 heteroatoms. The van der Waals surface area contributed by atoms with Crippen LogP contribution in [0.2, 0.25) is 0 Å². The van der Waals surface area contributed by atoms with Crippen molar-refractivity contribution in [1.29, 1.82) is 0 Å². The van der Waals surface area contributed by atoms with Crippen LogP contribution in [0.5, 0.6) is 11.5 Å². The van der Waals surface area contributed by atoms with Crippen LogP contribution >= 0.6 is 0 Å². The number of amides is 2. The standard InChI is InChI=1S/C31H28N2O4/c1-20-11-9-17-28(22(20)3)36-30(34)32-19-33(31(35)37-29-18-10-12-21(2)23(29)4)27-16-8-6-14-25(27)24-13-5-7-15-26(24)32/h5-18H,19H2,1-4H3. The number of ether oxygens (including phenoxy) is 2. The maximum absolute atomic E-state index is 13.6. The van der Waals surface area contributed by atoms with Gasteiger partial charge in [0, 0.05) is 11.1 Å². The number of fused-ring (bicyclic) bond motifs is 3. The first kappa shape index (κ1) is 24.1. The molecule has 1 heterocycles. The van der Waals surface area contributed by atoms with Crippen molar-refractivity contribution < 1.29 is 19.1 Å². The van der Waals surface area contributed by atoms with Gasteiger partial charge in [-0.2, -0.15) is 0 Å². The van der Waals surface area contributed by atoms with E-state index in [-0.39, 0.29) is 6.67 Å². The van der Waals surface area contributed by atoms with Crippen molar-refractivity contribution in [3.8, 4) is 22.6 Å². The lowest BCUT2D eigenvalue weighted by molar-refractivity contribution is 0.203. The first-order valence-corrected chi connectivity index (χ1v) is 12.1. The summed E-state index contributed by atoms with van der Waals surface area (Å²) in [5.74, 6) is 0.961. The van der Waals surface area contributed by atoms with Gasteiger partial charge in [0.15, 0.2) is 0 Å². The summed E-state index contributed by atoms with van der Waals surface area (Å²) in [5, 5.41) is 0. The molecule has 0 atom stereocenters. The molecule has 0 saturated carbocycles. The summed E-state index contributed by atoms with van der Waals surface area (Å²) in [6, 6.07) is 26.3. The van der Waals surface area contributed by atoms with Crippen molar-refractivity contribution in [3.05, 3.63) is 107 Å². The summed E-state index contributed by atoms with van der Waals surface area (Å²) in [7, 11) is 0. The Balaban J connectivity index is 1.57. The second-order valence-electron chi connectivity index (χ2n) is 9.16. The SMILES string of the molecule is Cc1cccc(OC(=O)N2CN(C(=O)Oc3cccc(C)c3C)c3ccccc3-c3ccccc32)c1C. The monoisotopic (exact) mass is 492 g/mol. The van der Waals surface area contributed by atoms with Crippen molar-refractivity contribution in [1.82, 2.24) is 0 Å². The van der Waals surface area contributed by atoms with E-state index >= 15 is 0 Å². The highest BCUT2D eigenvalue weighted by molar-refractivity contribution is 6.04. The highest BCUT2D eigenvalue weighted by Crippen LogP contribution is 2.41. The fraction of sp³-hybridized carbons (Fsp3) is 0.161. The van der Waals surface area contributed by atoms with Gasteiger partial charge in [-0.15, -0.1) is 0 Å². The van der Waals surface area contributed by atoms with Crippen molar-refractivity contribution >= 4 is 23.6 Å². The number of nitrogens with zero attached hydrogens (tertiary/aromatic N) is 2. The third kappa shape index (κ3) is 4.54. The molecule has 0 aromatic heterocycles. The highest BCUT2D eigenvalue weighted by atomic mass is 16.6. The quantitative estimate of drug-likeness (QED) is 0.290. The van der Waals surface area contributed by atoms with E-state index in [1.807, 2.05) is 100 Å². The Morgan fingerprint density at radius 1 is 0.568 bits per heavy atom. The average Bonchev–Trinajstić information content (AvgIpc) is 3.05. The van der Waals surface area contributed by atoms with Crippen LogP contribution in [-0.2, 0) is 0 Å². The number of hydrogen-bond donors (Lipinski definition) is 0. The first-order chi connectivity index (χ1) is 17.8. The third-order valence-corrected chi connectivity index (χ3v) is 6.91. The van der Waals surface area contributed by atoms with E-state index in [9.17, 15) is 9.59 Å². The van der Waals surface area contributed by atoms with E-state index in [4.69, 9.17) is 9.47 Å². The van der Waals surface area contributed by atoms with Crippen LogP contribution in [-0.4, -0.2) is 18.9 Å². The minimum atomic E-state index is -0.585. The van der Waals surface area contributed by atoms with Crippen LogP contribution in [0.25, 0.3) is 11.1 Å². The summed E-state index contributed by atoms with van der Waals surface area (Å²) in [6.45, 7) is 7.68. The van der Waals surface area contributed by atoms with Gasteiger partial charge in [-0.05, 0) is 74.2 Å². The van der Waals surface area contributed by atoms with Gasteiger partial charge in [0.1, 0.15) is 18.2 Å². The van der Waals surface area contributed by atoms with Gasteiger partial charge in [-0.1, -0.05) is 60.7 Å². The molecule has 4 aromatic carbocycles. The largest absolute Gasteiger partial charge is 0.421 e. The number of benzene rings is 4. The molecule has 186 valence electrons. The molecule has 6 nitrogen and oxygen atoms in total. The second-order valence-corrected chi connectivity index (χ2v) is 9.16. The van der Waals surface area contributed by atoms with E-state index in [0.717, 1.165) is 33.4 Å². The van der Waals surface area contributed by atoms with Gasteiger partial charge in [-0.3, -0.25) is 9.80 Å². The average molecular weight is 493 g/mol. The predicted molar refractivity (Wildman–Crippen MR) is 146 cm³/mol. The molecule has 4 aromatic rings. The number of rotatable bonds is 2. The third-order valence-electron chi connectivity index (χ3n) is 6.91. The summed E-state index contributed by atoms with van der Waals surface area (Å²) < 4.78 is 11.7. The maximum Gasteiger partial charge on any atom is 0.421 e. The second kappa shape index (κ2) is 9.82. The molecule has 5 rings (SSSR count). The first-order valence-electron chi connectivity index (χ1n) is 12.1. The van der Waals surface area contributed by atoms with Gasteiger partial charge in [-0.25, -0.2) is 9.59 Å². The van der Waals surface area contributed by atoms with Gasteiger partial charge in [0.25, 0.3) is 0 Å². The normalized spacial score (nSPS) is 12.3. The van der Waals surface area contributed by atoms with Crippen LogP contribution in [0.15, 0.2) is 84.9 Å². The molecule has 2 amide bonds. The van der Waals surface area contributed by atoms with E-state index in [2.05, 4.69) is 0 Å². The zero-order valence-corrected chi connectivity index (χ0v) is 21.3. The number of carbonyl (C=O) groups excluding carboxylic acids is 2. The molecule has 1 aliphatic heterocycles. The molecule has 0 N–H and O–H groups in total. The molecular weight excluding hydrogens is 464 g/mol. The van der Waals surface area contributed by atoms with Gasteiger partial charge >= 0.3 is 12.2 Å². The predicted octanol–water partition coefficient (Wildman–Crippen LogP) is 7.57. The summed E-state index contributed by atoms with van der Waals surface area (Å²) >= 11 is 0. The van der Waals surface area contributed by atoms with Crippen molar-refractivity contribution in [2.24, 2.45) is 0 Å². The zero-order valence-electron chi connectivity index (χ0n) is 21.3. The lowest BCUT2D eigenvalue weighted by Gasteiger charge is -2.28. The number of hydrogen-bond acceptors (Lipinski definition) is 4. The number of carbonyl (C=O) groups is 2. The molecule has 0 bridgehead atoms. The molecule has 0 unspecified atom stereocenters. The van der Waals surface area contributed by atoms with Gasteiger partial charge < -0.3 is 9.47 Å². The van der Waals surface area contributed by atoms with E-state index in [1.165, 1.54) is 9.80 Å². The Kier molecular flexibility index (Phi) is 6.40. The molecule has 1 aliphatic rings. The van der Waals surface area contributed by atoms with E-state index in [0.29, 0.717) is 22.9 Å². The molecule has 0 radical (unpaired) electrons. The summed E-state index contributed by atoms with van der Waals surface area (Å²) in [4.78, 5) is 30.2. The highest BCUT2D eigenvalue weighted by Gasteiger charge is 2.33. The number of anilines is 2. The minimum Gasteiger partial charge on any atom is -0.410 e. The Hall–Kier alpha value is -4.58. The number of para-hydroxylation sites is 2. The Labute approximate surface area is 216 Å². The van der Waals surface area contributed by atoms with Crippen LogP contribution in [0.3, 0.4) is 0 Å². The smallest absolute Gasteiger partial charge is 0.410 e. The fourth-order valence-electron chi connectivity index (χ4n) is 4.45. The van der Waals surface area contributed by atoms with Crippen LogP contribution < -0.4 is 19.3 Å². The van der Waals surface area contributed by atoms with E-state index < -0.39 is 12.2 Å². The molecule has 0 fully saturated rings. The molecule has 0 saturated heterocycles. The molecular formula is C31H28N2O4. The van der Waals surface area contributed by atoms with Crippen LogP contribution in [0, 0.1) is 27.7 Å². The Morgan fingerprint density at radius 3 is 1.41 bits per heavy atom. The maximum atomic E-state index is 13.6. The fourth-order valence-corrected chi connectivity index (χ4v) is 4.45. The zero-order chi connectivity index (χ0) is 26.1. The molecule has 37 heavy (non-hydrogen) atoms. The van der Waals surface area contributed by atoms with Crippen LogP contribution in [0.4, 0.5) is 21.0 Å².